The van der Waals surface area contributed by atoms with Gasteiger partial charge in [0.05, 0.1) is 12.8 Å². The lowest BCUT2D eigenvalue weighted by molar-refractivity contribution is -0.126. The van der Waals surface area contributed by atoms with Crippen LogP contribution in [0, 0.1) is 0 Å². The number of nitrogens with one attached hydrogen (secondary N) is 1. The van der Waals surface area contributed by atoms with Crippen molar-refractivity contribution in [3.63, 3.8) is 0 Å². The smallest absolute Gasteiger partial charge is 0.306 e. The fourth-order valence-corrected chi connectivity index (χ4v) is 2.53. The molecule has 96 valence electrons. The molecule has 0 aromatic heterocycles. The van der Waals surface area contributed by atoms with Gasteiger partial charge in [0.2, 0.25) is 10.0 Å². The summed E-state index contributed by atoms with van der Waals surface area (Å²) in [4.78, 5) is 0. The van der Waals surface area contributed by atoms with Crippen molar-refractivity contribution < 1.29 is 21.6 Å². The molecule has 0 unspecified atom stereocenters. The standard InChI is InChI=1S/C8H15F3N2O2S/c1-16(14,15)13-4-2-7(3-5-13)12-6-8(9,10)11/h7,12H,2-6H2,1H3. The van der Waals surface area contributed by atoms with Gasteiger partial charge in [-0.05, 0) is 12.8 Å². The maximum absolute atomic E-state index is 11.9. The summed E-state index contributed by atoms with van der Waals surface area (Å²) in [6, 6.07) is -0.250. The van der Waals surface area contributed by atoms with Crippen molar-refractivity contribution in [2.45, 2.75) is 25.1 Å². The molecule has 0 radical (unpaired) electrons. The Bertz CT molecular complexity index is 321. The molecule has 1 heterocycles. The quantitative estimate of drug-likeness (QED) is 0.806. The summed E-state index contributed by atoms with van der Waals surface area (Å²) in [5.74, 6) is 0. The van der Waals surface area contributed by atoms with Gasteiger partial charge in [-0.25, -0.2) is 12.7 Å². The second kappa shape index (κ2) is 4.89. The van der Waals surface area contributed by atoms with E-state index in [0.717, 1.165) is 6.26 Å². The van der Waals surface area contributed by atoms with Crippen molar-refractivity contribution in [3.8, 4) is 0 Å². The van der Waals surface area contributed by atoms with Crippen molar-refractivity contribution in [3.05, 3.63) is 0 Å². The van der Waals surface area contributed by atoms with Crippen LogP contribution in [-0.2, 0) is 10.0 Å². The van der Waals surface area contributed by atoms with Crippen LogP contribution in [0.25, 0.3) is 0 Å². The maximum Gasteiger partial charge on any atom is 0.401 e. The molecular weight excluding hydrogens is 245 g/mol. The van der Waals surface area contributed by atoms with Gasteiger partial charge in [-0.15, -0.1) is 0 Å². The monoisotopic (exact) mass is 260 g/mol. The van der Waals surface area contributed by atoms with Gasteiger partial charge in [-0.2, -0.15) is 13.2 Å². The summed E-state index contributed by atoms with van der Waals surface area (Å²) in [6.45, 7) is -0.445. The van der Waals surface area contributed by atoms with Crippen LogP contribution in [0.1, 0.15) is 12.8 Å². The number of nitrogens with zero attached hydrogens (tertiary/aromatic N) is 1. The molecule has 0 aliphatic carbocycles. The highest BCUT2D eigenvalue weighted by Crippen LogP contribution is 2.16. The second-order valence-corrected chi connectivity index (χ2v) is 5.91. The van der Waals surface area contributed by atoms with E-state index in [1.165, 1.54) is 4.31 Å². The zero-order valence-electron chi connectivity index (χ0n) is 8.92. The Labute approximate surface area is 92.9 Å². The largest absolute Gasteiger partial charge is 0.401 e. The number of hydrogen-bond donors (Lipinski definition) is 1. The van der Waals surface area contributed by atoms with Crippen LogP contribution in [0.2, 0.25) is 0 Å². The third-order valence-electron chi connectivity index (χ3n) is 2.51. The first-order valence-corrected chi connectivity index (χ1v) is 6.78. The lowest BCUT2D eigenvalue weighted by atomic mass is 10.1. The van der Waals surface area contributed by atoms with E-state index in [1.807, 2.05) is 0 Å². The Morgan fingerprint density at radius 2 is 1.81 bits per heavy atom. The van der Waals surface area contributed by atoms with Crippen LogP contribution in [0.4, 0.5) is 13.2 Å². The summed E-state index contributed by atoms with van der Waals surface area (Å²) in [5.41, 5.74) is 0. The summed E-state index contributed by atoms with van der Waals surface area (Å²) >= 11 is 0. The summed E-state index contributed by atoms with van der Waals surface area (Å²) in [7, 11) is -3.21. The first-order valence-electron chi connectivity index (χ1n) is 4.94. The molecule has 0 spiro atoms. The van der Waals surface area contributed by atoms with Crippen molar-refractivity contribution >= 4 is 10.0 Å². The first kappa shape index (κ1) is 13.7. The third-order valence-corrected chi connectivity index (χ3v) is 3.82. The molecule has 16 heavy (non-hydrogen) atoms. The van der Waals surface area contributed by atoms with E-state index < -0.39 is 22.7 Å². The fraction of sp³-hybridized carbons (Fsp3) is 1.00. The topological polar surface area (TPSA) is 49.4 Å². The van der Waals surface area contributed by atoms with E-state index in [4.69, 9.17) is 0 Å². The zero-order valence-corrected chi connectivity index (χ0v) is 9.74. The highest BCUT2D eigenvalue weighted by molar-refractivity contribution is 7.88. The Hall–Kier alpha value is -0.340. The molecule has 8 heteroatoms. The normalized spacial score (nSPS) is 21.2. The van der Waals surface area contributed by atoms with E-state index in [9.17, 15) is 21.6 Å². The lowest BCUT2D eigenvalue weighted by Gasteiger charge is -2.30. The molecule has 0 atom stereocenters. The highest BCUT2D eigenvalue weighted by Gasteiger charge is 2.30. The number of halogens is 3. The van der Waals surface area contributed by atoms with Crippen molar-refractivity contribution in [2.24, 2.45) is 0 Å². The van der Waals surface area contributed by atoms with Crippen molar-refractivity contribution in [2.75, 3.05) is 25.9 Å². The van der Waals surface area contributed by atoms with Gasteiger partial charge < -0.3 is 5.32 Å². The highest BCUT2D eigenvalue weighted by atomic mass is 32.2. The molecule has 0 amide bonds. The molecule has 1 aliphatic heterocycles. The summed E-state index contributed by atoms with van der Waals surface area (Å²) < 4.78 is 59.3. The third kappa shape index (κ3) is 4.67. The molecule has 0 aromatic rings. The van der Waals surface area contributed by atoms with Gasteiger partial charge in [0.15, 0.2) is 0 Å². The molecule has 1 N–H and O–H groups in total. The minimum atomic E-state index is -4.21. The van der Waals surface area contributed by atoms with E-state index >= 15 is 0 Å². The maximum atomic E-state index is 11.9. The fourth-order valence-electron chi connectivity index (χ4n) is 1.65. The van der Waals surface area contributed by atoms with Gasteiger partial charge in [0, 0.05) is 19.1 Å². The van der Waals surface area contributed by atoms with Gasteiger partial charge >= 0.3 is 6.18 Å². The number of hydrogen-bond acceptors (Lipinski definition) is 3. The van der Waals surface area contributed by atoms with Crippen LogP contribution in [-0.4, -0.2) is 50.8 Å². The Kier molecular flexibility index (Phi) is 4.19. The van der Waals surface area contributed by atoms with Crippen LogP contribution >= 0.6 is 0 Å². The lowest BCUT2D eigenvalue weighted by Crippen LogP contribution is -2.46. The molecular formula is C8H15F3N2O2S. The number of piperidine rings is 1. The molecule has 1 aliphatic rings. The number of alkyl halides is 3. The van der Waals surface area contributed by atoms with Crippen molar-refractivity contribution in [1.82, 2.24) is 9.62 Å². The van der Waals surface area contributed by atoms with Gasteiger partial charge in [-0.3, -0.25) is 0 Å². The van der Waals surface area contributed by atoms with Crippen molar-refractivity contribution in [1.29, 1.82) is 0 Å². The Morgan fingerprint density at radius 3 is 2.19 bits per heavy atom. The molecule has 1 saturated heterocycles. The predicted octanol–water partition coefficient (Wildman–Crippen LogP) is 0.562. The second-order valence-electron chi connectivity index (χ2n) is 3.93. The van der Waals surface area contributed by atoms with Gasteiger partial charge in [0.25, 0.3) is 0 Å². The van der Waals surface area contributed by atoms with Crippen LogP contribution < -0.4 is 5.32 Å². The Balaban J connectivity index is 2.33. The van der Waals surface area contributed by atoms with Gasteiger partial charge in [0.1, 0.15) is 0 Å². The SMILES string of the molecule is CS(=O)(=O)N1CCC(NCC(F)(F)F)CC1. The predicted molar refractivity (Wildman–Crippen MR) is 53.5 cm³/mol. The van der Waals surface area contributed by atoms with Crippen LogP contribution in [0.3, 0.4) is 0 Å². The number of sulfonamides is 1. The minimum absolute atomic E-state index is 0.250. The van der Waals surface area contributed by atoms with Crippen LogP contribution in [0.15, 0.2) is 0 Å². The van der Waals surface area contributed by atoms with E-state index in [0.29, 0.717) is 12.8 Å². The summed E-state index contributed by atoms with van der Waals surface area (Å²) in [6.07, 6.45) is -2.27. The summed E-state index contributed by atoms with van der Waals surface area (Å²) in [5, 5.41) is 2.39. The van der Waals surface area contributed by atoms with E-state index in [2.05, 4.69) is 5.32 Å². The molecule has 0 bridgehead atoms. The molecule has 4 nitrogen and oxygen atoms in total. The average Bonchev–Trinajstić information content (AvgIpc) is 2.13. The minimum Gasteiger partial charge on any atom is -0.306 e. The number of rotatable bonds is 3. The molecule has 0 aromatic carbocycles. The molecule has 1 fully saturated rings. The van der Waals surface area contributed by atoms with E-state index in [1.54, 1.807) is 0 Å². The first-order chi connectivity index (χ1) is 7.18. The average molecular weight is 260 g/mol. The zero-order chi connectivity index (χ0) is 12.4. The Morgan fingerprint density at radius 1 is 1.31 bits per heavy atom. The molecule has 0 saturated carbocycles. The van der Waals surface area contributed by atoms with Gasteiger partial charge in [-0.1, -0.05) is 0 Å². The van der Waals surface area contributed by atoms with E-state index in [-0.39, 0.29) is 19.1 Å². The molecule has 1 rings (SSSR count). The van der Waals surface area contributed by atoms with Crippen LogP contribution in [0.5, 0.6) is 0 Å².